The first-order valence-corrected chi connectivity index (χ1v) is 8.19. The van der Waals surface area contributed by atoms with Crippen molar-refractivity contribution in [2.24, 2.45) is 0 Å². The SMILES string of the molecule is C=CC(=O)OCCCCCCCCCCCI. The minimum absolute atomic E-state index is 0.305. The first-order valence-electron chi connectivity index (χ1n) is 6.66. The van der Waals surface area contributed by atoms with Crippen LogP contribution in [0.15, 0.2) is 12.7 Å². The number of rotatable bonds is 12. The number of esters is 1. The van der Waals surface area contributed by atoms with Gasteiger partial charge in [0.1, 0.15) is 0 Å². The number of carbonyl (C=O) groups excluding carboxylic acids is 1. The summed E-state index contributed by atoms with van der Waals surface area (Å²) in [6.45, 7) is 3.90. The van der Waals surface area contributed by atoms with Crippen LogP contribution in [0.2, 0.25) is 0 Å². The van der Waals surface area contributed by atoms with Crippen LogP contribution in [0.1, 0.15) is 57.8 Å². The van der Waals surface area contributed by atoms with Crippen LogP contribution in [0.3, 0.4) is 0 Å². The van der Waals surface area contributed by atoms with E-state index < -0.39 is 0 Å². The van der Waals surface area contributed by atoms with E-state index in [1.807, 2.05) is 0 Å². The molecule has 100 valence electrons. The summed E-state index contributed by atoms with van der Waals surface area (Å²) in [4.78, 5) is 10.7. The molecule has 0 aliphatic heterocycles. The molecule has 0 aromatic rings. The molecule has 0 unspecified atom stereocenters. The Morgan fingerprint density at radius 1 is 0.941 bits per heavy atom. The summed E-state index contributed by atoms with van der Waals surface area (Å²) in [6, 6.07) is 0. The highest BCUT2D eigenvalue weighted by molar-refractivity contribution is 14.1. The summed E-state index contributed by atoms with van der Waals surface area (Å²) in [5, 5.41) is 0. The fourth-order valence-electron chi connectivity index (χ4n) is 1.67. The molecule has 0 aliphatic carbocycles. The van der Waals surface area contributed by atoms with Crippen LogP contribution in [0, 0.1) is 0 Å². The maximum absolute atomic E-state index is 10.7. The van der Waals surface area contributed by atoms with Gasteiger partial charge in [0.25, 0.3) is 0 Å². The molecule has 2 nitrogen and oxygen atoms in total. The van der Waals surface area contributed by atoms with Crippen LogP contribution in [-0.4, -0.2) is 17.0 Å². The maximum Gasteiger partial charge on any atom is 0.330 e. The lowest BCUT2D eigenvalue weighted by atomic mass is 10.1. The van der Waals surface area contributed by atoms with Crippen LogP contribution in [0.4, 0.5) is 0 Å². The predicted molar refractivity (Wildman–Crippen MR) is 81.6 cm³/mol. The zero-order chi connectivity index (χ0) is 12.8. The molecular weight excluding hydrogens is 327 g/mol. The van der Waals surface area contributed by atoms with Crippen molar-refractivity contribution < 1.29 is 9.53 Å². The van der Waals surface area contributed by atoms with Crippen LogP contribution in [0.25, 0.3) is 0 Å². The zero-order valence-corrected chi connectivity index (χ0v) is 12.9. The van der Waals surface area contributed by atoms with Gasteiger partial charge in [-0.15, -0.1) is 0 Å². The second-order valence-electron chi connectivity index (χ2n) is 4.24. The second kappa shape index (κ2) is 14.0. The van der Waals surface area contributed by atoms with Crippen molar-refractivity contribution in [1.29, 1.82) is 0 Å². The normalized spacial score (nSPS) is 10.2. The topological polar surface area (TPSA) is 26.3 Å². The molecule has 0 N–H and O–H groups in total. The van der Waals surface area contributed by atoms with Crippen LogP contribution in [-0.2, 0) is 9.53 Å². The van der Waals surface area contributed by atoms with Crippen molar-refractivity contribution in [1.82, 2.24) is 0 Å². The third-order valence-electron chi connectivity index (χ3n) is 2.69. The molecule has 0 radical (unpaired) electrons. The van der Waals surface area contributed by atoms with E-state index in [0.29, 0.717) is 6.61 Å². The Kier molecular flexibility index (Phi) is 14.0. The predicted octanol–water partition coefficient (Wildman–Crippen LogP) is 4.66. The lowest BCUT2D eigenvalue weighted by Crippen LogP contribution is -2.01. The van der Waals surface area contributed by atoms with Gasteiger partial charge in [0.2, 0.25) is 0 Å². The first kappa shape index (κ1) is 16.9. The van der Waals surface area contributed by atoms with E-state index in [0.717, 1.165) is 12.8 Å². The van der Waals surface area contributed by atoms with E-state index in [1.54, 1.807) is 0 Å². The van der Waals surface area contributed by atoms with Gasteiger partial charge in [0, 0.05) is 6.08 Å². The Bertz CT molecular complexity index is 193. The quantitative estimate of drug-likeness (QED) is 0.168. The molecule has 0 rings (SSSR count). The summed E-state index contributed by atoms with van der Waals surface area (Å²) in [5.41, 5.74) is 0. The third kappa shape index (κ3) is 13.9. The largest absolute Gasteiger partial charge is 0.463 e. The van der Waals surface area contributed by atoms with Crippen molar-refractivity contribution in [3.05, 3.63) is 12.7 Å². The molecule has 0 fully saturated rings. The number of carbonyl (C=O) groups is 1. The molecule has 0 aliphatic rings. The molecular formula is C14H25IO2. The number of halogens is 1. The molecule has 3 heteroatoms. The number of hydrogen-bond donors (Lipinski definition) is 0. The van der Waals surface area contributed by atoms with E-state index >= 15 is 0 Å². The van der Waals surface area contributed by atoms with Crippen molar-refractivity contribution in [3.63, 3.8) is 0 Å². The standard InChI is InChI=1S/C14H25IO2/c1-2-14(16)17-13-11-9-7-5-3-4-6-8-10-12-15/h2H,1,3-13H2. The van der Waals surface area contributed by atoms with Gasteiger partial charge in [-0.05, 0) is 17.3 Å². The Balaban J connectivity index is 2.98. The first-order chi connectivity index (χ1) is 8.31. The van der Waals surface area contributed by atoms with Gasteiger partial charge in [0.15, 0.2) is 0 Å². The van der Waals surface area contributed by atoms with Crippen molar-refractivity contribution in [2.45, 2.75) is 57.8 Å². The fourth-order valence-corrected chi connectivity index (χ4v) is 2.21. The zero-order valence-electron chi connectivity index (χ0n) is 10.8. The average molecular weight is 352 g/mol. The van der Waals surface area contributed by atoms with Crippen LogP contribution in [0.5, 0.6) is 0 Å². The third-order valence-corrected chi connectivity index (χ3v) is 3.45. The van der Waals surface area contributed by atoms with Gasteiger partial charge in [-0.2, -0.15) is 0 Å². The van der Waals surface area contributed by atoms with E-state index in [4.69, 9.17) is 4.74 Å². The highest BCUT2D eigenvalue weighted by atomic mass is 127. The van der Waals surface area contributed by atoms with Gasteiger partial charge in [-0.3, -0.25) is 0 Å². The molecule has 0 aromatic heterocycles. The van der Waals surface area contributed by atoms with Crippen LogP contribution >= 0.6 is 22.6 Å². The lowest BCUT2D eigenvalue weighted by molar-refractivity contribution is -0.137. The van der Waals surface area contributed by atoms with Gasteiger partial charge >= 0.3 is 5.97 Å². The van der Waals surface area contributed by atoms with E-state index in [-0.39, 0.29) is 5.97 Å². The molecule has 0 atom stereocenters. The van der Waals surface area contributed by atoms with E-state index in [9.17, 15) is 4.79 Å². The Morgan fingerprint density at radius 2 is 1.41 bits per heavy atom. The summed E-state index contributed by atoms with van der Waals surface area (Å²) in [5.74, 6) is -0.305. The molecule has 0 saturated heterocycles. The lowest BCUT2D eigenvalue weighted by Gasteiger charge is -2.03. The van der Waals surface area contributed by atoms with E-state index in [1.165, 1.54) is 55.4 Å². The smallest absolute Gasteiger partial charge is 0.330 e. The van der Waals surface area contributed by atoms with Gasteiger partial charge < -0.3 is 4.74 Å². The minimum Gasteiger partial charge on any atom is -0.463 e. The highest BCUT2D eigenvalue weighted by Crippen LogP contribution is 2.10. The fraction of sp³-hybridized carbons (Fsp3) is 0.786. The second-order valence-corrected chi connectivity index (χ2v) is 5.32. The molecule has 0 heterocycles. The maximum atomic E-state index is 10.7. The van der Waals surface area contributed by atoms with Gasteiger partial charge in [-0.25, -0.2) is 4.79 Å². The van der Waals surface area contributed by atoms with Crippen LogP contribution < -0.4 is 0 Å². The number of hydrogen-bond acceptors (Lipinski definition) is 2. The summed E-state index contributed by atoms with van der Waals surface area (Å²) in [7, 11) is 0. The van der Waals surface area contributed by atoms with Crippen molar-refractivity contribution in [3.8, 4) is 0 Å². The Morgan fingerprint density at radius 3 is 1.88 bits per heavy atom. The summed E-state index contributed by atoms with van der Waals surface area (Å²) >= 11 is 2.44. The summed E-state index contributed by atoms with van der Waals surface area (Å²) in [6.07, 6.45) is 12.8. The number of alkyl halides is 1. The Labute approximate surface area is 119 Å². The minimum atomic E-state index is -0.305. The molecule has 17 heavy (non-hydrogen) atoms. The molecule has 0 amide bonds. The molecule has 0 aromatic carbocycles. The molecule has 0 bridgehead atoms. The Hall–Kier alpha value is -0.0600. The molecule has 0 spiro atoms. The van der Waals surface area contributed by atoms with Crippen molar-refractivity contribution in [2.75, 3.05) is 11.0 Å². The van der Waals surface area contributed by atoms with Gasteiger partial charge in [-0.1, -0.05) is 74.1 Å². The molecule has 0 saturated carbocycles. The number of unbranched alkanes of at least 4 members (excludes halogenated alkanes) is 8. The monoisotopic (exact) mass is 352 g/mol. The van der Waals surface area contributed by atoms with Crippen molar-refractivity contribution >= 4 is 28.6 Å². The van der Waals surface area contributed by atoms with E-state index in [2.05, 4.69) is 29.2 Å². The van der Waals surface area contributed by atoms with Gasteiger partial charge in [0.05, 0.1) is 6.61 Å². The highest BCUT2D eigenvalue weighted by Gasteiger charge is 1.95. The number of ether oxygens (including phenoxy) is 1. The summed E-state index contributed by atoms with van der Waals surface area (Å²) < 4.78 is 6.20. The average Bonchev–Trinajstić information content (AvgIpc) is 2.35.